The molecular weight excluding hydrogens is 412 g/mol. The average Bonchev–Trinajstić information content (AvgIpc) is 2.83. The largest absolute Gasteiger partial charge is 0.493 e. The molecule has 0 spiro atoms. The molecule has 8 heteroatoms. The Morgan fingerprint density at radius 1 is 0.781 bits per heavy atom. The van der Waals surface area contributed by atoms with E-state index in [1.165, 1.54) is 28.4 Å². The quantitative estimate of drug-likeness (QED) is 0.488. The van der Waals surface area contributed by atoms with E-state index in [1.54, 1.807) is 36.4 Å². The lowest BCUT2D eigenvalue weighted by molar-refractivity contribution is 0.0941. The van der Waals surface area contributed by atoms with Crippen LogP contribution in [-0.4, -0.2) is 53.3 Å². The van der Waals surface area contributed by atoms with E-state index in [0.29, 0.717) is 47.2 Å². The van der Waals surface area contributed by atoms with Crippen LogP contribution < -0.4 is 29.6 Å². The molecule has 0 aliphatic rings. The maximum Gasteiger partial charge on any atom is 0.255 e. The maximum atomic E-state index is 12.6. The van der Waals surface area contributed by atoms with Gasteiger partial charge in [0, 0.05) is 13.1 Å². The van der Waals surface area contributed by atoms with Gasteiger partial charge in [0.15, 0.2) is 23.0 Å². The van der Waals surface area contributed by atoms with E-state index < -0.39 is 0 Å². The van der Waals surface area contributed by atoms with Crippen LogP contribution in [0.25, 0.3) is 0 Å². The van der Waals surface area contributed by atoms with Crippen LogP contribution in [0.5, 0.6) is 23.0 Å². The van der Waals surface area contributed by atoms with Crippen molar-refractivity contribution in [2.45, 2.75) is 19.8 Å². The highest BCUT2D eigenvalue weighted by Crippen LogP contribution is 2.31. The Morgan fingerprint density at radius 2 is 1.28 bits per heavy atom. The van der Waals surface area contributed by atoms with E-state index in [9.17, 15) is 9.59 Å². The van der Waals surface area contributed by atoms with Gasteiger partial charge in [-0.3, -0.25) is 9.59 Å². The monoisotopic (exact) mass is 444 g/mol. The highest BCUT2D eigenvalue weighted by atomic mass is 16.5. The Hall–Kier alpha value is -3.42. The molecule has 2 aromatic rings. The predicted octanol–water partition coefficient (Wildman–Crippen LogP) is 3.30. The van der Waals surface area contributed by atoms with Gasteiger partial charge in [0.25, 0.3) is 11.8 Å². The van der Waals surface area contributed by atoms with E-state index in [4.69, 9.17) is 18.9 Å². The van der Waals surface area contributed by atoms with E-state index in [1.807, 2.05) is 0 Å². The average molecular weight is 445 g/mol. The lowest BCUT2D eigenvalue weighted by Gasteiger charge is -2.16. The number of carbonyl (C=O) groups excluding carboxylic acids is 2. The van der Waals surface area contributed by atoms with Crippen molar-refractivity contribution < 1.29 is 28.5 Å². The fourth-order valence-corrected chi connectivity index (χ4v) is 3.34. The second-order valence-corrected chi connectivity index (χ2v) is 7.30. The minimum Gasteiger partial charge on any atom is -0.493 e. The summed E-state index contributed by atoms with van der Waals surface area (Å²) in [6.45, 7) is 3.08. The first kappa shape index (κ1) is 24.8. The van der Waals surface area contributed by atoms with Gasteiger partial charge in [-0.2, -0.15) is 0 Å². The summed E-state index contributed by atoms with van der Waals surface area (Å²) in [4.78, 5) is 25.1. The lowest BCUT2D eigenvalue weighted by Crippen LogP contribution is -2.29. The number of amides is 2. The molecule has 2 aromatic carbocycles. The number of hydrogen-bond donors (Lipinski definition) is 2. The van der Waals surface area contributed by atoms with Crippen LogP contribution in [0.4, 0.5) is 0 Å². The minimum absolute atomic E-state index is 0.216. The second kappa shape index (κ2) is 12.4. The molecule has 2 N–H and O–H groups in total. The molecule has 1 atom stereocenters. The van der Waals surface area contributed by atoms with Crippen molar-refractivity contribution in [3.05, 3.63) is 47.5 Å². The Labute approximate surface area is 189 Å². The molecule has 174 valence electrons. The molecule has 0 saturated carbocycles. The molecule has 8 nitrogen and oxygen atoms in total. The van der Waals surface area contributed by atoms with E-state index in [2.05, 4.69) is 17.6 Å². The Kier molecular flexibility index (Phi) is 9.66. The highest BCUT2D eigenvalue weighted by molar-refractivity contribution is 5.98. The number of benzene rings is 2. The van der Waals surface area contributed by atoms with Crippen LogP contribution >= 0.6 is 0 Å². The fraction of sp³-hybridized carbons (Fsp3) is 0.417. The van der Waals surface area contributed by atoms with Gasteiger partial charge in [0.05, 0.1) is 39.6 Å². The summed E-state index contributed by atoms with van der Waals surface area (Å²) >= 11 is 0. The number of carbonyl (C=O) groups is 2. The summed E-state index contributed by atoms with van der Waals surface area (Å²) < 4.78 is 21.1. The number of methoxy groups -OCH3 is 4. The Bertz CT molecular complexity index is 915. The third-order valence-corrected chi connectivity index (χ3v) is 5.07. The maximum absolute atomic E-state index is 12.6. The number of ether oxygens (including phenoxy) is 4. The molecule has 0 bridgehead atoms. The third-order valence-electron chi connectivity index (χ3n) is 5.07. The topological polar surface area (TPSA) is 95.1 Å². The van der Waals surface area contributed by atoms with Gasteiger partial charge in [0.1, 0.15) is 0 Å². The molecule has 1 unspecified atom stereocenters. The van der Waals surface area contributed by atoms with Crippen molar-refractivity contribution in [3.8, 4) is 23.0 Å². The number of rotatable bonds is 12. The van der Waals surface area contributed by atoms with Crippen LogP contribution in [0, 0.1) is 5.92 Å². The van der Waals surface area contributed by atoms with Crippen LogP contribution in [0.15, 0.2) is 36.4 Å². The fourth-order valence-electron chi connectivity index (χ4n) is 3.34. The molecular formula is C24H32N2O6. The summed E-state index contributed by atoms with van der Waals surface area (Å²) in [5, 5.41) is 5.84. The zero-order chi connectivity index (χ0) is 23.5. The number of para-hydroxylation sites is 2. The summed E-state index contributed by atoms with van der Waals surface area (Å²) in [5.41, 5.74) is 0.859. The first-order chi connectivity index (χ1) is 15.5. The van der Waals surface area contributed by atoms with E-state index in [0.717, 1.165) is 12.8 Å². The van der Waals surface area contributed by atoms with Gasteiger partial charge in [-0.05, 0) is 43.0 Å². The van der Waals surface area contributed by atoms with Crippen molar-refractivity contribution in [3.63, 3.8) is 0 Å². The Morgan fingerprint density at radius 3 is 1.75 bits per heavy atom. The van der Waals surface area contributed by atoms with E-state index in [-0.39, 0.29) is 17.7 Å². The van der Waals surface area contributed by atoms with Gasteiger partial charge in [-0.15, -0.1) is 0 Å². The van der Waals surface area contributed by atoms with Gasteiger partial charge in [-0.1, -0.05) is 19.1 Å². The predicted molar refractivity (Wildman–Crippen MR) is 122 cm³/mol. The highest BCUT2D eigenvalue weighted by Gasteiger charge is 2.18. The summed E-state index contributed by atoms with van der Waals surface area (Å²) in [5.74, 6) is 1.65. The number of nitrogens with one attached hydrogen (secondary N) is 2. The third kappa shape index (κ3) is 6.29. The van der Waals surface area contributed by atoms with Crippen molar-refractivity contribution >= 4 is 11.8 Å². The molecule has 0 radical (unpaired) electrons. The molecule has 2 amide bonds. The van der Waals surface area contributed by atoms with Gasteiger partial charge in [0.2, 0.25) is 0 Å². The SMILES string of the molecule is COc1cccc(C(=O)NCCCC(C)CNC(=O)c2cccc(OC)c2OC)c1OC. The summed E-state index contributed by atoms with van der Waals surface area (Å²) in [6.07, 6.45) is 1.61. The molecule has 0 aliphatic carbocycles. The van der Waals surface area contributed by atoms with E-state index >= 15 is 0 Å². The second-order valence-electron chi connectivity index (χ2n) is 7.30. The van der Waals surface area contributed by atoms with Crippen LogP contribution in [0.2, 0.25) is 0 Å². The Balaban J connectivity index is 1.79. The van der Waals surface area contributed by atoms with Crippen molar-refractivity contribution in [1.29, 1.82) is 0 Å². The molecule has 32 heavy (non-hydrogen) atoms. The van der Waals surface area contributed by atoms with Crippen LogP contribution in [-0.2, 0) is 0 Å². The normalized spacial score (nSPS) is 11.3. The van der Waals surface area contributed by atoms with Crippen molar-refractivity contribution in [2.75, 3.05) is 41.5 Å². The van der Waals surface area contributed by atoms with Crippen LogP contribution in [0.3, 0.4) is 0 Å². The summed E-state index contributed by atoms with van der Waals surface area (Å²) in [7, 11) is 6.08. The zero-order valence-corrected chi connectivity index (χ0v) is 19.3. The molecule has 0 fully saturated rings. The van der Waals surface area contributed by atoms with Gasteiger partial charge >= 0.3 is 0 Å². The van der Waals surface area contributed by atoms with Gasteiger partial charge in [-0.25, -0.2) is 0 Å². The van der Waals surface area contributed by atoms with Crippen molar-refractivity contribution in [2.24, 2.45) is 5.92 Å². The smallest absolute Gasteiger partial charge is 0.255 e. The molecule has 2 rings (SSSR count). The molecule has 0 saturated heterocycles. The first-order valence-corrected chi connectivity index (χ1v) is 10.4. The molecule has 0 aliphatic heterocycles. The van der Waals surface area contributed by atoms with Crippen molar-refractivity contribution in [1.82, 2.24) is 10.6 Å². The molecule has 0 heterocycles. The zero-order valence-electron chi connectivity index (χ0n) is 19.3. The van der Waals surface area contributed by atoms with Crippen LogP contribution in [0.1, 0.15) is 40.5 Å². The minimum atomic E-state index is -0.217. The van der Waals surface area contributed by atoms with Gasteiger partial charge < -0.3 is 29.6 Å². The first-order valence-electron chi connectivity index (χ1n) is 10.4. The summed E-state index contributed by atoms with van der Waals surface area (Å²) in [6, 6.07) is 10.4. The lowest BCUT2D eigenvalue weighted by atomic mass is 10.1. The molecule has 0 aromatic heterocycles. The standard InChI is InChI=1S/C24H32N2O6/c1-16(15-26-24(28)18-11-7-13-20(30-3)22(18)32-5)9-8-14-25-23(27)17-10-6-12-19(29-2)21(17)31-4/h6-7,10-13,16H,8-9,14-15H2,1-5H3,(H,25,27)(H,26,28). The number of hydrogen-bond acceptors (Lipinski definition) is 6.